The molecule has 0 amide bonds. The summed E-state index contributed by atoms with van der Waals surface area (Å²) in [6, 6.07) is 12.1. The zero-order valence-electron chi connectivity index (χ0n) is 37.9. The Morgan fingerprint density at radius 3 is 2.68 bits per heavy atom. The monoisotopic (exact) mass is 972 g/mol. The van der Waals surface area contributed by atoms with Gasteiger partial charge in [0.25, 0.3) is 0 Å². The molecule has 2 aromatic rings. The summed E-state index contributed by atoms with van der Waals surface area (Å²) in [6.45, 7) is -0.254. The van der Waals surface area contributed by atoms with Crippen molar-refractivity contribution < 1.29 is 54.5 Å². The molecule has 16 atom stereocenters. The van der Waals surface area contributed by atoms with Gasteiger partial charge in [0, 0.05) is 47.1 Å². The number of rotatable bonds is 5. The van der Waals surface area contributed by atoms with Crippen LogP contribution in [0, 0.1) is 57.7 Å². The average molecular weight is 973 g/mol. The lowest BCUT2D eigenvalue weighted by molar-refractivity contribution is -0.393. The fourth-order valence-electron chi connectivity index (χ4n) is 17.5. The number of ether oxygens (including phenoxy) is 2. The Balaban J connectivity index is 0.975. The fraction of sp³-hybridized carbons (Fsp3) is 0.537. The number of aliphatic hydroxyl groups is 6. The largest absolute Gasteiger partial charge is 0.511 e. The number of dihydropyridines is 1. The van der Waals surface area contributed by atoms with Crippen molar-refractivity contribution in [3.05, 3.63) is 122 Å². The van der Waals surface area contributed by atoms with Gasteiger partial charge in [-0.1, -0.05) is 76.6 Å². The van der Waals surface area contributed by atoms with Crippen molar-refractivity contribution in [3.63, 3.8) is 0 Å². The maximum atomic E-state index is 15.7. The van der Waals surface area contributed by atoms with E-state index in [1.54, 1.807) is 35.1 Å². The highest BCUT2D eigenvalue weighted by atomic mass is 33.1. The minimum Gasteiger partial charge on any atom is -0.511 e. The van der Waals surface area contributed by atoms with Crippen LogP contribution in [0.15, 0.2) is 100 Å². The van der Waals surface area contributed by atoms with Crippen molar-refractivity contribution >= 4 is 39.4 Å². The number of carbonyl (C=O) groups is 3. The molecule has 6 aliphatic heterocycles. The molecule has 16 unspecified atom stereocenters. The van der Waals surface area contributed by atoms with Gasteiger partial charge in [0.2, 0.25) is 6.29 Å². The molecule has 13 bridgehead atoms. The number of fused-ring (bicyclic) bond motifs is 1. The summed E-state index contributed by atoms with van der Waals surface area (Å²) < 4.78 is 13.4. The third-order valence-corrected chi connectivity index (χ3v) is 22.5. The first-order chi connectivity index (χ1) is 33.4. The molecule has 8 N–H and O–H groups in total. The minimum absolute atomic E-state index is 0.0169. The number of aliphatic hydroxyl groups excluding tert-OH is 5. The van der Waals surface area contributed by atoms with Crippen LogP contribution in [0.4, 0.5) is 0 Å². The van der Waals surface area contributed by atoms with E-state index in [4.69, 9.17) is 9.47 Å². The second-order valence-electron chi connectivity index (χ2n) is 22.5. The van der Waals surface area contributed by atoms with Crippen LogP contribution < -0.4 is 15.4 Å². The van der Waals surface area contributed by atoms with Gasteiger partial charge in [-0.25, -0.2) is 0 Å². The quantitative estimate of drug-likeness (QED) is 0.144. The van der Waals surface area contributed by atoms with E-state index in [1.807, 2.05) is 24.3 Å². The molecular formula is C54H56N2O11S2. The highest BCUT2D eigenvalue weighted by molar-refractivity contribution is 8.76. The number of aldehydes is 1. The number of benzene rings is 2. The van der Waals surface area contributed by atoms with Crippen molar-refractivity contribution in [2.24, 2.45) is 57.7 Å². The Hall–Kier alpha value is -4.19. The van der Waals surface area contributed by atoms with Crippen LogP contribution in [-0.2, 0) is 22.6 Å². The molecule has 15 aliphatic rings. The number of hydrogen-bond acceptors (Lipinski definition) is 15. The maximum absolute atomic E-state index is 15.7. The summed E-state index contributed by atoms with van der Waals surface area (Å²) in [5.74, 6) is -2.77. The van der Waals surface area contributed by atoms with Gasteiger partial charge in [-0.15, -0.1) is 0 Å². The predicted octanol–water partition coefficient (Wildman–Crippen LogP) is 5.14. The molecule has 0 aromatic heterocycles. The lowest BCUT2D eigenvalue weighted by Crippen LogP contribution is -2.81. The summed E-state index contributed by atoms with van der Waals surface area (Å²) in [6.07, 6.45) is 7.58. The van der Waals surface area contributed by atoms with E-state index < -0.39 is 76.0 Å². The molecule has 4 saturated carbocycles. The lowest BCUT2D eigenvalue weighted by Gasteiger charge is -2.67. The van der Waals surface area contributed by atoms with E-state index in [9.17, 15) is 35.4 Å². The smallest absolute Gasteiger partial charge is 0.229 e. The average Bonchev–Trinajstić information content (AvgIpc) is 3.80. The van der Waals surface area contributed by atoms with Gasteiger partial charge < -0.3 is 55.5 Å². The molecular weight excluding hydrogens is 917 g/mol. The molecule has 17 rings (SSSR count). The molecule has 360 valence electrons. The molecule has 13 nitrogen and oxygen atoms in total. The normalized spacial score (nSPS) is 44.8. The van der Waals surface area contributed by atoms with Crippen LogP contribution in [0.1, 0.15) is 83.2 Å². The summed E-state index contributed by atoms with van der Waals surface area (Å²) >= 11 is 0. The van der Waals surface area contributed by atoms with Gasteiger partial charge in [0.15, 0.2) is 11.6 Å². The second-order valence-corrected chi connectivity index (χ2v) is 25.1. The van der Waals surface area contributed by atoms with Crippen molar-refractivity contribution in [3.8, 4) is 5.75 Å². The van der Waals surface area contributed by atoms with Gasteiger partial charge in [0.05, 0.1) is 30.1 Å². The predicted molar refractivity (Wildman–Crippen MR) is 254 cm³/mol. The van der Waals surface area contributed by atoms with Crippen molar-refractivity contribution in [2.45, 2.75) is 99.5 Å². The zero-order valence-corrected chi connectivity index (χ0v) is 39.6. The van der Waals surface area contributed by atoms with E-state index >= 15 is 9.59 Å². The first kappa shape index (κ1) is 43.6. The fourth-order valence-corrected chi connectivity index (χ4v) is 20.4. The van der Waals surface area contributed by atoms with Gasteiger partial charge in [-0.05, 0) is 120 Å². The van der Waals surface area contributed by atoms with E-state index in [1.165, 1.54) is 34.3 Å². The van der Waals surface area contributed by atoms with E-state index in [0.717, 1.165) is 60.2 Å². The third-order valence-electron chi connectivity index (χ3n) is 19.8. The van der Waals surface area contributed by atoms with Crippen LogP contribution in [-0.4, -0.2) is 102 Å². The maximum Gasteiger partial charge on any atom is 0.229 e. The molecule has 15 heteroatoms. The van der Waals surface area contributed by atoms with E-state index in [2.05, 4.69) is 16.7 Å². The topological polar surface area (TPSA) is 215 Å². The molecule has 5 fully saturated rings. The highest BCUT2D eigenvalue weighted by Crippen LogP contribution is 2.81. The molecule has 0 radical (unpaired) electrons. The van der Waals surface area contributed by atoms with Crippen LogP contribution in [0.2, 0.25) is 0 Å². The summed E-state index contributed by atoms with van der Waals surface area (Å²) in [4.78, 5) is 44.2. The number of hydrogen-bond donors (Lipinski definition) is 8. The Labute approximate surface area is 407 Å². The third kappa shape index (κ3) is 5.28. The van der Waals surface area contributed by atoms with Gasteiger partial charge in [-0.2, -0.15) is 0 Å². The highest BCUT2D eigenvalue weighted by Gasteiger charge is 2.81. The molecule has 1 saturated heterocycles. The number of ketones is 2. The molecule has 6 heterocycles. The molecule has 2 aromatic carbocycles. The zero-order chi connectivity index (χ0) is 47.1. The molecule has 3 spiro atoms. The van der Waals surface area contributed by atoms with E-state index in [0.29, 0.717) is 31.4 Å². The number of nitrogens with one attached hydrogen (secondary N) is 2. The number of allylic oxidation sites excluding steroid dienone is 7. The van der Waals surface area contributed by atoms with Gasteiger partial charge >= 0.3 is 0 Å². The first-order valence-electron chi connectivity index (χ1n) is 24.9. The Morgan fingerprint density at radius 1 is 1.01 bits per heavy atom. The summed E-state index contributed by atoms with van der Waals surface area (Å²) in [5.41, 5.74) is -0.0620. The molecule has 69 heavy (non-hydrogen) atoms. The number of carbonyl (C=O) groups excluding carboxylic acids is 3. The SMILES string of the molecule is O=CC1CCCC12CC1CC3CC4CC5(CO)OC6Oc7cccc8c7C(=O)C7(CSSC9CC%10=CC2C1(C1=C3CNC(=C%101)N9)C4C(O)(C6O)C5O)C(O)=CC(Cc1cccc(CO)c1)=CC7C8=O. The van der Waals surface area contributed by atoms with Gasteiger partial charge in [-0.3, -0.25) is 9.59 Å². The van der Waals surface area contributed by atoms with Crippen molar-refractivity contribution in [1.29, 1.82) is 0 Å². The Kier molecular flexibility index (Phi) is 9.29. The Bertz CT molecular complexity index is 2860. The Morgan fingerprint density at radius 2 is 1.86 bits per heavy atom. The van der Waals surface area contributed by atoms with E-state index in [-0.39, 0.29) is 76.4 Å². The molecule has 9 aliphatic carbocycles. The lowest BCUT2D eigenvalue weighted by atomic mass is 9.42. The number of Topliss-reactive ketones (excluding diaryl/α,β-unsaturated/α-hetero) is 2. The van der Waals surface area contributed by atoms with Crippen molar-refractivity contribution in [1.82, 2.24) is 10.6 Å². The summed E-state index contributed by atoms with van der Waals surface area (Å²) in [7, 11) is 2.99. The standard InChI is InChI=1S/C54H56N2O11S2/c57-21-26-5-1-4-25(10-26)11-27-12-35-43(61)33-7-2-8-36-41(33)45(62)52(35,38(60)13-27)24-68-69-39-17-29-16-37-50(9-3-6-31(50)22-58)19-32-15-28-14-30-18-51(23-59)49(64)54(65,46(63)48(66-36)67-51)44(30)53(32,37)42-34(28)20-55-47(56-39)40(29)42/h1-2,4-5,7-8,10,12-13,16,22,28,30-32,35,37,39,44,46,48-49,55-57,59-60,63-65H,3,6,9,11,14-15,17-21,23-24H2. The van der Waals surface area contributed by atoms with Crippen molar-refractivity contribution in [2.75, 3.05) is 18.9 Å². The van der Waals surface area contributed by atoms with Crippen LogP contribution >= 0.6 is 21.6 Å². The second kappa shape index (κ2) is 14.7. The first-order valence-corrected chi connectivity index (χ1v) is 27.2. The van der Waals surface area contributed by atoms with Crippen LogP contribution in [0.25, 0.3) is 0 Å². The van der Waals surface area contributed by atoms with Crippen LogP contribution in [0.5, 0.6) is 5.75 Å². The van der Waals surface area contributed by atoms with Gasteiger partial charge in [0.1, 0.15) is 52.4 Å². The summed E-state index contributed by atoms with van der Waals surface area (Å²) in [5, 5.41) is 81.2. The minimum atomic E-state index is -2.31. The van der Waals surface area contributed by atoms with Crippen LogP contribution in [0.3, 0.4) is 0 Å².